The van der Waals surface area contributed by atoms with Crippen molar-refractivity contribution in [3.63, 3.8) is 0 Å². The molecule has 0 aliphatic heterocycles. The van der Waals surface area contributed by atoms with Crippen LogP contribution in [0.15, 0.2) is 12.2 Å². The smallest absolute Gasteiger partial charge is 0.0951 e. The fourth-order valence-electron chi connectivity index (χ4n) is 0.528. The van der Waals surface area contributed by atoms with Crippen molar-refractivity contribution in [1.82, 2.24) is 0 Å². The zero-order chi connectivity index (χ0) is 8.69. The second kappa shape index (κ2) is 6.30. The highest BCUT2D eigenvalue weighted by Gasteiger charge is 1.98. The quantitative estimate of drug-likeness (QED) is 0.376. The first kappa shape index (κ1) is 10.6. The Hall–Kier alpha value is -0.420. The van der Waals surface area contributed by atoms with Crippen molar-refractivity contribution in [2.24, 2.45) is 0 Å². The van der Waals surface area contributed by atoms with Crippen LogP contribution in [0.5, 0.6) is 0 Å². The minimum absolute atomic E-state index is 0.285. The van der Waals surface area contributed by atoms with Crippen molar-refractivity contribution in [3.8, 4) is 0 Å². The Morgan fingerprint density at radius 3 is 2.18 bits per heavy atom. The van der Waals surface area contributed by atoms with Crippen LogP contribution in [0.25, 0.3) is 0 Å². The molecule has 0 fully saturated rings. The molecule has 0 amide bonds. The van der Waals surface area contributed by atoms with E-state index in [0.29, 0.717) is 0 Å². The van der Waals surface area contributed by atoms with Gasteiger partial charge in [0, 0.05) is 0 Å². The molecule has 4 heteroatoms. The van der Waals surface area contributed by atoms with Gasteiger partial charge in [-0.15, -0.1) is 0 Å². The molecule has 0 aromatic heterocycles. The molecule has 0 aliphatic rings. The lowest BCUT2D eigenvalue weighted by molar-refractivity contribution is 0.0966. The second-order valence-corrected chi connectivity index (χ2v) is 2.25. The molecule has 0 heterocycles. The summed E-state index contributed by atoms with van der Waals surface area (Å²) in [5.41, 5.74) is 0. The highest BCUT2D eigenvalue weighted by Crippen LogP contribution is 1.93. The second-order valence-electron chi connectivity index (χ2n) is 2.25. The zero-order valence-electron chi connectivity index (χ0n) is 6.22. The van der Waals surface area contributed by atoms with Gasteiger partial charge < -0.3 is 20.4 Å². The molecule has 66 valence electrons. The minimum Gasteiger partial charge on any atom is -0.394 e. The largest absolute Gasteiger partial charge is 0.394 e. The van der Waals surface area contributed by atoms with Crippen LogP contribution in [-0.2, 0) is 0 Å². The van der Waals surface area contributed by atoms with Gasteiger partial charge >= 0.3 is 0 Å². The Morgan fingerprint density at radius 1 is 1.09 bits per heavy atom. The van der Waals surface area contributed by atoms with Crippen LogP contribution in [0.3, 0.4) is 0 Å². The third-order valence-electron chi connectivity index (χ3n) is 1.16. The number of hydrogen-bond acceptors (Lipinski definition) is 4. The van der Waals surface area contributed by atoms with Gasteiger partial charge in [0.15, 0.2) is 0 Å². The van der Waals surface area contributed by atoms with E-state index < -0.39 is 12.2 Å². The fraction of sp³-hybridized carbons (Fsp3) is 0.714. The van der Waals surface area contributed by atoms with Gasteiger partial charge in [-0.05, 0) is 6.42 Å². The Kier molecular flexibility index (Phi) is 6.06. The predicted octanol–water partition coefficient (Wildman–Crippen LogP) is -1.36. The first-order valence-corrected chi connectivity index (χ1v) is 3.45. The molecule has 11 heavy (non-hydrogen) atoms. The Balaban J connectivity index is 3.43. The molecule has 0 radical (unpaired) electrons. The lowest BCUT2D eigenvalue weighted by Gasteiger charge is -2.02. The van der Waals surface area contributed by atoms with Crippen molar-refractivity contribution < 1.29 is 20.4 Å². The van der Waals surface area contributed by atoms with Gasteiger partial charge in [0.2, 0.25) is 0 Å². The Bertz CT molecular complexity index is 113. The Labute approximate surface area is 65.4 Å². The maximum absolute atomic E-state index is 8.80. The molecule has 0 saturated carbocycles. The van der Waals surface area contributed by atoms with E-state index in [0.717, 1.165) is 0 Å². The number of hydrogen-bond donors (Lipinski definition) is 4. The SMILES string of the molecule is OCC(O)C=CCC(O)CO. The van der Waals surface area contributed by atoms with E-state index in [9.17, 15) is 0 Å². The van der Waals surface area contributed by atoms with Gasteiger partial charge in [-0.1, -0.05) is 12.2 Å². The van der Waals surface area contributed by atoms with Crippen molar-refractivity contribution >= 4 is 0 Å². The van der Waals surface area contributed by atoms with Crippen LogP contribution in [0.4, 0.5) is 0 Å². The van der Waals surface area contributed by atoms with E-state index in [1.165, 1.54) is 12.2 Å². The van der Waals surface area contributed by atoms with Crippen molar-refractivity contribution in [3.05, 3.63) is 12.2 Å². The predicted molar refractivity (Wildman–Crippen MR) is 39.9 cm³/mol. The van der Waals surface area contributed by atoms with Gasteiger partial charge in [0.05, 0.1) is 25.4 Å². The van der Waals surface area contributed by atoms with Crippen LogP contribution < -0.4 is 0 Å². The molecule has 0 spiro atoms. The van der Waals surface area contributed by atoms with Crippen LogP contribution in [0, 0.1) is 0 Å². The monoisotopic (exact) mass is 162 g/mol. The topological polar surface area (TPSA) is 80.9 Å². The lowest BCUT2D eigenvalue weighted by atomic mass is 10.2. The summed E-state index contributed by atoms with van der Waals surface area (Å²) < 4.78 is 0. The van der Waals surface area contributed by atoms with E-state index in [2.05, 4.69) is 0 Å². The average Bonchev–Trinajstić information content (AvgIpc) is 2.04. The summed E-state index contributed by atoms with van der Waals surface area (Å²) in [6.07, 6.45) is 1.52. The van der Waals surface area contributed by atoms with E-state index in [4.69, 9.17) is 20.4 Å². The van der Waals surface area contributed by atoms with Crippen LogP contribution in [0.2, 0.25) is 0 Å². The average molecular weight is 162 g/mol. The molecule has 2 unspecified atom stereocenters. The van der Waals surface area contributed by atoms with Crippen LogP contribution in [-0.4, -0.2) is 45.8 Å². The molecule has 4 nitrogen and oxygen atoms in total. The molecule has 0 bridgehead atoms. The first-order chi connectivity index (χ1) is 5.20. The van der Waals surface area contributed by atoms with Crippen molar-refractivity contribution in [1.29, 1.82) is 0 Å². The molecule has 0 aromatic rings. The third-order valence-corrected chi connectivity index (χ3v) is 1.16. The molecule has 0 aliphatic carbocycles. The van der Waals surface area contributed by atoms with E-state index >= 15 is 0 Å². The summed E-state index contributed by atoms with van der Waals surface area (Å²) in [4.78, 5) is 0. The third kappa shape index (κ3) is 6.00. The highest BCUT2D eigenvalue weighted by atomic mass is 16.3. The van der Waals surface area contributed by atoms with Crippen molar-refractivity contribution in [2.45, 2.75) is 18.6 Å². The fourth-order valence-corrected chi connectivity index (χ4v) is 0.528. The summed E-state index contributed by atoms with van der Waals surface area (Å²) in [7, 11) is 0. The van der Waals surface area contributed by atoms with Crippen LogP contribution >= 0.6 is 0 Å². The van der Waals surface area contributed by atoms with Crippen molar-refractivity contribution in [2.75, 3.05) is 13.2 Å². The lowest BCUT2D eigenvalue weighted by Crippen LogP contribution is -2.11. The van der Waals surface area contributed by atoms with Crippen LogP contribution in [0.1, 0.15) is 6.42 Å². The standard InChI is InChI=1S/C7H14O4/c8-4-6(10)2-1-3-7(11)5-9/h1-2,6-11H,3-5H2. The summed E-state index contributed by atoms with van der Waals surface area (Å²) in [5, 5.41) is 34.3. The molecule has 0 rings (SSSR count). The van der Waals surface area contributed by atoms with Gasteiger partial charge in [-0.25, -0.2) is 0 Å². The van der Waals surface area contributed by atoms with E-state index in [1.54, 1.807) is 0 Å². The summed E-state index contributed by atoms with van der Waals surface area (Å²) in [6.45, 7) is -0.620. The minimum atomic E-state index is -0.874. The van der Waals surface area contributed by atoms with Gasteiger partial charge in [0.25, 0.3) is 0 Å². The number of aliphatic hydroxyl groups excluding tert-OH is 4. The molecule has 0 saturated heterocycles. The van der Waals surface area contributed by atoms with Gasteiger partial charge in [-0.2, -0.15) is 0 Å². The normalized spacial score (nSPS) is 17.1. The number of rotatable bonds is 5. The molecule has 0 aromatic carbocycles. The maximum atomic E-state index is 8.80. The highest BCUT2D eigenvalue weighted by molar-refractivity contribution is 4.89. The molecule has 2 atom stereocenters. The maximum Gasteiger partial charge on any atom is 0.0951 e. The van der Waals surface area contributed by atoms with Gasteiger partial charge in [-0.3, -0.25) is 0 Å². The van der Waals surface area contributed by atoms with E-state index in [-0.39, 0.29) is 19.6 Å². The summed E-state index contributed by atoms with van der Waals surface area (Å²) >= 11 is 0. The first-order valence-electron chi connectivity index (χ1n) is 3.45. The number of aliphatic hydroxyl groups is 4. The summed E-state index contributed by atoms with van der Waals surface area (Å²) in [6, 6.07) is 0. The molecular weight excluding hydrogens is 148 g/mol. The zero-order valence-corrected chi connectivity index (χ0v) is 6.22. The summed E-state index contributed by atoms with van der Waals surface area (Å²) in [5.74, 6) is 0. The Morgan fingerprint density at radius 2 is 1.73 bits per heavy atom. The van der Waals surface area contributed by atoms with Gasteiger partial charge in [0.1, 0.15) is 0 Å². The molecular formula is C7H14O4. The van der Waals surface area contributed by atoms with E-state index in [1.807, 2.05) is 0 Å². The molecule has 4 N–H and O–H groups in total.